The summed E-state index contributed by atoms with van der Waals surface area (Å²) in [6.07, 6.45) is 23.6. The zero-order valence-electron chi connectivity index (χ0n) is 92.0. The Kier molecular flexibility index (Phi) is 53.4. The Morgan fingerprint density at radius 1 is 0.500 bits per heavy atom. The maximum atomic E-state index is 14.0. The lowest BCUT2D eigenvalue weighted by Gasteiger charge is -2.54. The lowest BCUT2D eigenvalue weighted by molar-refractivity contribution is -0.292. The number of ether oxygens (including phenoxy) is 13. The molecule has 14 fully saturated rings. The Bertz CT molecular complexity index is 4600. The summed E-state index contributed by atoms with van der Waals surface area (Å²) in [5.74, 6) is 1.88. The highest BCUT2D eigenvalue weighted by atomic mass is 32.1. The van der Waals surface area contributed by atoms with Gasteiger partial charge in [-0.05, 0) is 257 Å². The summed E-state index contributed by atoms with van der Waals surface area (Å²) in [5, 5.41) is 20.1. The van der Waals surface area contributed by atoms with Crippen LogP contribution in [0.3, 0.4) is 0 Å². The summed E-state index contributed by atoms with van der Waals surface area (Å²) in [7, 11) is -6.43. The quantitative estimate of drug-likeness (QED) is 0.0360. The zero-order valence-corrected chi connectivity index (χ0v) is 96.6. The average Bonchev–Trinajstić information content (AvgIpc) is 1.54. The second-order valence-corrected chi connectivity index (χ2v) is 63.6. The fourth-order valence-electron chi connectivity index (χ4n) is 23.8. The highest BCUT2D eigenvalue weighted by Crippen LogP contribution is 2.56. The molecule has 27 nitrogen and oxygen atoms in total. The van der Waals surface area contributed by atoms with Crippen molar-refractivity contribution in [2.45, 2.75) is 533 Å². The topological polar surface area (TPSA) is 342 Å². The number of carbonyl (C=O) groups excluding carboxylic acids is 5. The number of ketones is 1. The number of allylic oxidation sites excluding steroid dienone is 1. The minimum atomic E-state index is -2.33. The second-order valence-electron chi connectivity index (χ2n) is 49.0. The molecule has 0 spiro atoms. The Morgan fingerprint density at radius 2 is 0.927 bits per heavy atom. The highest BCUT2D eigenvalue weighted by molar-refractivity contribution is 7.52. The lowest BCUT2D eigenvalue weighted by atomic mass is 9.78. The molecule has 36 atom stereocenters. The van der Waals surface area contributed by atoms with E-state index in [9.17, 15) is 15.0 Å². The minimum Gasteiger partial charge on any atom is -0.417 e. The fraction of sp³-hybridized carbons (Fsp3) is 0.788. The molecule has 2 aromatic rings. The summed E-state index contributed by atoms with van der Waals surface area (Å²) in [4.78, 5) is 46.5. The van der Waals surface area contributed by atoms with Gasteiger partial charge in [0.1, 0.15) is 36.6 Å². The van der Waals surface area contributed by atoms with Crippen molar-refractivity contribution in [2.24, 2.45) is 47.3 Å². The smallest absolute Gasteiger partial charge is 0.373 e. The molecule has 14 saturated heterocycles. The Morgan fingerprint density at radius 3 is 1.39 bits per heavy atom. The fourth-order valence-corrected chi connectivity index (χ4v) is 27.5. The van der Waals surface area contributed by atoms with Gasteiger partial charge in [-0.25, -0.2) is 0 Å². The molecule has 0 aliphatic carbocycles. The molecule has 6 bridgehead atoms. The maximum absolute atomic E-state index is 14.0. The van der Waals surface area contributed by atoms with Crippen LogP contribution in [-0.4, -0.2) is 254 Å². The molecule has 32 heteroatoms. The number of rotatable bonds is 37. The van der Waals surface area contributed by atoms with Gasteiger partial charge in [-0.15, -0.1) is 0 Å². The number of carbonyl (C=O) groups is 1. The summed E-state index contributed by atoms with van der Waals surface area (Å²) < 4.78 is 143. The summed E-state index contributed by atoms with van der Waals surface area (Å²) >= 11 is -1.50. The first-order chi connectivity index (χ1) is 68.9. The van der Waals surface area contributed by atoms with Gasteiger partial charge < -0.3 is 85.1 Å². The van der Waals surface area contributed by atoms with E-state index in [1.54, 1.807) is 6.08 Å². The van der Waals surface area contributed by atoms with Crippen LogP contribution < -0.4 is 0 Å². The molecule has 14 heterocycles. The lowest BCUT2D eigenvalue weighted by Crippen LogP contribution is -2.64. The summed E-state index contributed by atoms with van der Waals surface area (Å²) in [6, 6.07) is 21.5. The van der Waals surface area contributed by atoms with Gasteiger partial charge in [0.25, 0.3) is 0 Å². The first kappa shape index (κ1) is 134. The van der Waals surface area contributed by atoms with Crippen LogP contribution in [0.2, 0.25) is 54.4 Å². The minimum absolute atomic E-state index is 0. The number of hydrogen-bond acceptors (Lipinski definition) is 27. The largest absolute Gasteiger partial charge is 0.417 e. The van der Waals surface area contributed by atoms with E-state index in [4.69, 9.17) is 111 Å². The first-order valence-electron chi connectivity index (χ1n) is 54.5. The zero-order chi connectivity index (χ0) is 107. The molecular formula is C118H196O27S2Si3. The molecule has 854 valence electrons. The molecule has 14 aliphatic rings. The van der Waals surface area contributed by atoms with Crippen LogP contribution >= 0.6 is 0 Å². The molecule has 0 aromatic heterocycles. The monoisotopic (exact) mass is 2190 g/mol. The molecule has 16 rings (SSSR count). The van der Waals surface area contributed by atoms with E-state index in [1.165, 1.54) is 16.7 Å². The second kappa shape index (κ2) is 59.8. The Hall–Kier alpha value is -4.86. The van der Waals surface area contributed by atoms with E-state index < -0.39 is 66.1 Å². The molecular weight excluding hydrogens is 2000 g/mol. The normalized spacial score (nSPS) is 35.4. The van der Waals surface area contributed by atoms with Crippen LogP contribution in [0.25, 0.3) is 0 Å². The molecule has 150 heavy (non-hydrogen) atoms. The van der Waals surface area contributed by atoms with Crippen LogP contribution in [0.1, 0.15) is 306 Å². The van der Waals surface area contributed by atoms with Crippen molar-refractivity contribution in [1.29, 1.82) is 0 Å². The van der Waals surface area contributed by atoms with Gasteiger partial charge in [0.15, 0.2) is 36.5 Å². The van der Waals surface area contributed by atoms with Crippen LogP contribution in [-0.2, 0) is 135 Å². The van der Waals surface area contributed by atoms with E-state index in [0.717, 1.165) is 165 Å². The van der Waals surface area contributed by atoms with Crippen LogP contribution in [0.5, 0.6) is 0 Å². The van der Waals surface area contributed by atoms with Gasteiger partial charge >= 0.3 is 35.4 Å². The Labute approximate surface area is 912 Å². The average molecular weight is 2200 g/mol. The van der Waals surface area contributed by atoms with Crippen molar-refractivity contribution < 1.29 is 126 Å². The van der Waals surface area contributed by atoms with E-state index >= 15 is 0 Å². The van der Waals surface area contributed by atoms with Crippen LogP contribution in [0.4, 0.5) is 0 Å². The van der Waals surface area contributed by atoms with E-state index in [0.29, 0.717) is 48.9 Å². The van der Waals surface area contributed by atoms with E-state index in [2.05, 4.69) is 238 Å². The third kappa shape index (κ3) is 35.1. The number of aliphatic hydroxyl groups excluding tert-OH is 2. The van der Waals surface area contributed by atoms with Gasteiger partial charge in [0.2, 0.25) is 0 Å². The van der Waals surface area contributed by atoms with Gasteiger partial charge in [0, 0.05) is 51.0 Å². The van der Waals surface area contributed by atoms with Gasteiger partial charge in [-0.1, -0.05) is 240 Å². The van der Waals surface area contributed by atoms with E-state index in [1.807, 2.05) is 12.1 Å². The van der Waals surface area contributed by atoms with Crippen LogP contribution in [0, 0.1) is 47.3 Å². The molecule has 2 aromatic carbocycles. The molecule has 14 aliphatic heterocycles. The SMILES string of the molecule is C.C.C.C.C=C1C(C[C@@H]2O[C@H](C[C@H](C)CO[Si](C)(C)C(C)(C)C)[C@H](C)[C@H]2Cc2ccccc2)OC(CC[C@@H]2O[C@@H](CCC(=O)/C=C/[C@H](O[Si](C)(C)C(C)(C)C)[C@@H]3O[C@H]4CC[C@H](CC)O[C@@H]4[C@H](C)[C@@H]3O[Si](C)(C)C(C)(C)C)CC2=C)C[C@H]1C.C=C1C(C[C@@H]2O[C@H](C[C@H](O)CO)[C@H](C)[C@H]2Cc2ccccc2)OC(CC[C@@H]2O[C@@H](CC[C@@]34C[C@H]5O[C@H]6C(O3)[C@H]3O[C@@H](CC)CC[C@@H]3O[C@H]6C5O4)CC2=C)C[C@H]1C.O=C=O.O=C=O.O=S=O.O=S=O. The predicted octanol–water partition coefficient (Wildman–Crippen LogP) is 23.0. The highest BCUT2D eigenvalue weighted by Gasteiger charge is 2.69. The molecule has 0 radical (unpaired) electrons. The summed E-state index contributed by atoms with van der Waals surface area (Å²) in [6.45, 7) is 71.5. The molecule has 0 amide bonds. The van der Waals surface area contributed by atoms with Gasteiger partial charge in [-0.3, -0.25) is 4.79 Å². The number of fused-ring (bicyclic) bond motifs is 2. The standard InChI is InChI=1S/C66H114O9Si3.C46H66O10.2CO2.4CH4.2O2S/c1-23-51-32-36-56-61(71-51)48(7)62(75-78(21,22)66(14,15)16)63(73-56)57(74-77(19,20)65(11,12)13)34-30-50(67)29-31-52-39-45(4)55(69-52)35-33-53-38-44(3)46(5)59(70-53)41-60-54(40-49-27-25-24-26-28-49)47(6)58(72-60)37-43(2)42-68-76(17,18)64(8,9)10;1-6-31-12-15-36-41(51-31)45-44-43(53-36)42-40(54-44)23-46(55-42,56-45)17-16-33-19-26(3)35(49-33)14-13-32-18-25(2)27(4)38(50-32)22-39-34(20-29-10-8-7-9-11-29)28(5)37(52-39)21-30(48)24-47;2*2-1-3;;;;;2*1-3-2/h24-28,30,34,43-44,47-48,51-63H,4-5,23,29,31-33,35-42H2,1-3,6-22H3;7-11,25,28,30-45,47-48H,3-4,6,12-24H2,1-2,5H3;;;4*1H4;;/b34-30+;;;;;;;;;/t43-,44+,47+,48-,51-,52-,53?,54+,55-,56-,57-,58+,59?,60-,61+,62-,63-;25-,28-,30+,31+,32?,33+,34-,35+,36+,37-,38?,39+,40-,41+,42?,43+,44-,45?,46+;;;;;;;;/m01......../s1. The van der Waals surface area contributed by atoms with Crippen LogP contribution in [0.15, 0.2) is 121 Å². The third-order valence-electron chi connectivity index (χ3n) is 35.7. The van der Waals surface area contributed by atoms with Crippen molar-refractivity contribution in [1.82, 2.24) is 0 Å². The van der Waals surface area contributed by atoms with E-state index in [-0.39, 0.29) is 240 Å². The number of benzene rings is 2. The number of aliphatic hydroxyl groups is 2. The molecule has 2 N–H and O–H groups in total. The van der Waals surface area contributed by atoms with Gasteiger partial charge in [0.05, 0.1) is 135 Å². The maximum Gasteiger partial charge on any atom is 0.373 e. The summed E-state index contributed by atoms with van der Waals surface area (Å²) in [5.41, 5.74) is 7.26. The Balaban J connectivity index is 0.000000418. The van der Waals surface area contributed by atoms with Gasteiger partial charge in [-0.2, -0.15) is 36.0 Å². The van der Waals surface area contributed by atoms with Crippen molar-refractivity contribution in [3.05, 3.63) is 133 Å². The molecule has 0 saturated carbocycles. The third-order valence-corrected chi connectivity index (χ3v) is 49.1. The van der Waals surface area contributed by atoms with Crippen molar-refractivity contribution >= 4 is 66.2 Å². The van der Waals surface area contributed by atoms with Crippen molar-refractivity contribution in [2.75, 3.05) is 13.2 Å². The van der Waals surface area contributed by atoms with Crippen molar-refractivity contribution in [3.8, 4) is 0 Å². The van der Waals surface area contributed by atoms with Crippen molar-refractivity contribution in [3.63, 3.8) is 0 Å². The predicted molar refractivity (Wildman–Crippen MR) is 593 cm³/mol. The molecule has 6 unspecified atom stereocenters. The number of hydrogen-bond donors (Lipinski definition) is 2. The first-order valence-corrected chi connectivity index (χ1v) is 64.6.